The second-order valence-corrected chi connectivity index (χ2v) is 10.9. The fourth-order valence-electron chi connectivity index (χ4n) is 3.95. The van der Waals surface area contributed by atoms with Crippen molar-refractivity contribution in [3.63, 3.8) is 0 Å². The number of thioether (sulfide) groups is 1. The number of para-hydroxylation sites is 1. The molecule has 0 bridgehead atoms. The summed E-state index contributed by atoms with van der Waals surface area (Å²) in [4.78, 5) is 36.7. The van der Waals surface area contributed by atoms with Gasteiger partial charge in [-0.3, -0.25) is 9.59 Å². The zero-order chi connectivity index (χ0) is 22.7. The van der Waals surface area contributed by atoms with Crippen LogP contribution in [-0.2, 0) is 10.5 Å². The van der Waals surface area contributed by atoms with Crippen molar-refractivity contribution in [3.05, 3.63) is 57.0 Å². The molecule has 2 aromatic heterocycles. The number of aromatic amines is 1. The highest BCUT2D eigenvalue weighted by atomic mass is 32.2. The van der Waals surface area contributed by atoms with Crippen molar-refractivity contribution in [1.29, 1.82) is 0 Å². The summed E-state index contributed by atoms with van der Waals surface area (Å²) in [7, 11) is 0. The Bertz CT molecular complexity index is 1130. The van der Waals surface area contributed by atoms with Gasteiger partial charge in [-0.1, -0.05) is 18.2 Å². The maximum atomic E-state index is 12.9. The van der Waals surface area contributed by atoms with Gasteiger partial charge in [0.05, 0.1) is 23.0 Å². The van der Waals surface area contributed by atoms with E-state index in [0.717, 1.165) is 47.0 Å². The number of amides is 1. The van der Waals surface area contributed by atoms with E-state index in [9.17, 15) is 9.59 Å². The smallest absolute Gasteiger partial charge is 0.259 e. The van der Waals surface area contributed by atoms with Gasteiger partial charge in [-0.2, -0.15) is 0 Å². The fourth-order valence-corrected chi connectivity index (χ4v) is 5.84. The van der Waals surface area contributed by atoms with Crippen LogP contribution in [0.25, 0.3) is 10.2 Å². The van der Waals surface area contributed by atoms with Crippen LogP contribution in [0.2, 0.25) is 0 Å². The number of benzene rings is 1. The number of aryl methyl sites for hydroxylation is 2. The Morgan fingerprint density at radius 2 is 2.00 bits per heavy atom. The summed E-state index contributed by atoms with van der Waals surface area (Å²) in [5.41, 5.74) is 0.908. The molecule has 1 aliphatic heterocycles. The van der Waals surface area contributed by atoms with Gasteiger partial charge in [-0.15, -0.1) is 23.1 Å². The number of carbonyl (C=O) groups excluding carboxylic acids is 1. The first-order valence-corrected chi connectivity index (χ1v) is 12.9. The first-order chi connectivity index (χ1) is 15.4. The van der Waals surface area contributed by atoms with Crippen LogP contribution >= 0.6 is 23.1 Å². The Hall–Kier alpha value is -2.32. The molecule has 8 heteroatoms. The second kappa shape index (κ2) is 10.1. The van der Waals surface area contributed by atoms with Crippen molar-refractivity contribution in [2.75, 3.05) is 19.7 Å². The molecule has 1 N–H and O–H groups in total. The SMILES string of the molecule is Cc1sc2nc(CSC(C)C(=O)N3CCC(COc4ccccc4)CC3)[nH]c(=O)c2c1C. The van der Waals surface area contributed by atoms with E-state index in [-0.39, 0.29) is 16.7 Å². The van der Waals surface area contributed by atoms with E-state index in [1.165, 1.54) is 11.8 Å². The van der Waals surface area contributed by atoms with E-state index in [1.54, 1.807) is 11.3 Å². The Morgan fingerprint density at radius 1 is 1.28 bits per heavy atom. The van der Waals surface area contributed by atoms with E-state index in [0.29, 0.717) is 29.5 Å². The number of nitrogens with zero attached hydrogens (tertiary/aromatic N) is 2. The third-order valence-electron chi connectivity index (χ3n) is 6.06. The van der Waals surface area contributed by atoms with Gasteiger partial charge in [0.15, 0.2) is 0 Å². The molecule has 0 radical (unpaired) electrons. The first kappa shape index (κ1) is 22.9. The molecule has 0 saturated carbocycles. The van der Waals surface area contributed by atoms with Gasteiger partial charge in [0.1, 0.15) is 16.4 Å². The molecule has 1 atom stereocenters. The summed E-state index contributed by atoms with van der Waals surface area (Å²) < 4.78 is 5.88. The van der Waals surface area contributed by atoms with Crippen LogP contribution in [0.5, 0.6) is 5.75 Å². The largest absolute Gasteiger partial charge is 0.493 e. The van der Waals surface area contributed by atoms with E-state index in [4.69, 9.17) is 4.74 Å². The van der Waals surface area contributed by atoms with Crippen LogP contribution in [-0.4, -0.2) is 45.7 Å². The number of aromatic nitrogens is 2. The molecule has 1 aliphatic rings. The van der Waals surface area contributed by atoms with Gasteiger partial charge in [-0.25, -0.2) is 4.98 Å². The number of H-pyrrole nitrogens is 1. The average Bonchev–Trinajstić information content (AvgIpc) is 3.10. The molecule has 1 fully saturated rings. The van der Waals surface area contributed by atoms with Crippen LogP contribution in [0, 0.1) is 19.8 Å². The summed E-state index contributed by atoms with van der Waals surface area (Å²) in [6, 6.07) is 9.87. The van der Waals surface area contributed by atoms with Crippen LogP contribution in [0.3, 0.4) is 0 Å². The van der Waals surface area contributed by atoms with Gasteiger partial charge < -0.3 is 14.6 Å². The molecular weight excluding hydrogens is 442 g/mol. The third kappa shape index (κ3) is 5.18. The standard InChI is InChI=1S/C24H29N3O3S2/c1-15-16(2)32-23-21(15)22(28)25-20(26-23)14-31-17(3)24(29)27-11-9-18(10-12-27)13-30-19-7-5-4-6-8-19/h4-8,17-18H,9-14H2,1-3H3,(H,25,26,28). The van der Waals surface area contributed by atoms with Crippen LogP contribution < -0.4 is 10.3 Å². The lowest BCUT2D eigenvalue weighted by atomic mass is 9.97. The number of hydrogen-bond donors (Lipinski definition) is 1. The molecule has 1 saturated heterocycles. The van der Waals surface area contributed by atoms with E-state index in [1.807, 2.05) is 56.0 Å². The van der Waals surface area contributed by atoms with E-state index in [2.05, 4.69) is 9.97 Å². The molecule has 0 aliphatic carbocycles. The van der Waals surface area contributed by atoms with Crippen LogP contribution in [0.15, 0.2) is 35.1 Å². The zero-order valence-corrected chi connectivity index (χ0v) is 20.4. The minimum atomic E-state index is -0.181. The average molecular weight is 472 g/mol. The van der Waals surface area contributed by atoms with Crippen molar-refractivity contribution in [3.8, 4) is 5.75 Å². The lowest BCUT2D eigenvalue weighted by Gasteiger charge is -2.33. The fraction of sp³-hybridized carbons (Fsp3) is 0.458. The molecule has 1 amide bonds. The predicted molar refractivity (Wildman–Crippen MR) is 132 cm³/mol. The number of hydrogen-bond acceptors (Lipinski definition) is 6. The van der Waals surface area contributed by atoms with E-state index >= 15 is 0 Å². The Kier molecular flexibility index (Phi) is 7.20. The number of fused-ring (bicyclic) bond motifs is 1. The number of nitrogens with one attached hydrogen (secondary N) is 1. The Labute approximate surface area is 196 Å². The minimum absolute atomic E-state index is 0.0915. The number of ether oxygens (including phenoxy) is 1. The summed E-state index contributed by atoms with van der Waals surface area (Å²) in [6.07, 6.45) is 1.91. The number of rotatable bonds is 7. The molecule has 32 heavy (non-hydrogen) atoms. The minimum Gasteiger partial charge on any atom is -0.493 e. The Morgan fingerprint density at radius 3 is 2.72 bits per heavy atom. The van der Waals surface area contributed by atoms with Gasteiger partial charge >= 0.3 is 0 Å². The third-order valence-corrected chi connectivity index (χ3v) is 8.30. The van der Waals surface area contributed by atoms with Crippen molar-refractivity contribution in [1.82, 2.24) is 14.9 Å². The second-order valence-electron chi connectivity index (χ2n) is 8.32. The lowest BCUT2D eigenvalue weighted by molar-refractivity contribution is -0.131. The summed E-state index contributed by atoms with van der Waals surface area (Å²) in [5.74, 6) is 2.67. The molecule has 0 spiro atoms. The molecule has 1 aromatic carbocycles. The maximum absolute atomic E-state index is 12.9. The number of piperidine rings is 1. The number of thiophene rings is 1. The maximum Gasteiger partial charge on any atom is 0.259 e. The predicted octanol–water partition coefficient (Wildman–Crippen LogP) is 4.54. The summed E-state index contributed by atoms with van der Waals surface area (Å²) in [5, 5.41) is 0.504. The monoisotopic (exact) mass is 471 g/mol. The van der Waals surface area contributed by atoms with Crippen molar-refractivity contribution >= 4 is 39.2 Å². The van der Waals surface area contributed by atoms with Crippen molar-refractivity contribution < 1.29 is 9.53 Å². The van der Waals surface area contributed by atoms with Crippen LogP contribution in [0.1, 0.15) is 36.0 Å². The van der Waals surface area contributed by atoms with Crippen LogP contribution in [0.4, 0.5) is 0 Å². The van der Waals surface area contributed by atoms with E-state index < -0.39 is 0 Å². The zero-order valence-electron chi connectivity index (χ0n) is 18.7. The normalized spacial score (nSPS) is 15.8. The van der Waals surface area contributed by atoms with Gasteiger partial charge in [0, 0.05) is 18.0 Å². The summed E-state index contributed by atoms with van der Waals surface area (Å²) >= 11 is 3.07. The first-order valence-electron chi connectivity index (χ1n) is 11.0. The lowest BCUT2D eigenvalue weighted by Crippen LogP contribution is -2.43. The summed E-state index contributed by atoms with van der Waals surface area (Å²) in [6.45, 7) is 8.13. The highest BCUT2D eigenvalue weighted by molar-refractivity contribution is 7.99. The van der Waals surface area contributed by atoms with Crippen molar-refractivity contribution in [2.24, 2.45) is 5.92 Å². The Balaban J connectivity index is 1.26. The molecule has 3 aromatic rings. The quantitative estimate of drug-likeness (QED) is 0.548. The molecule has 4 rings (SSSR count). The highest BCUT2D eigenvalue weighted by Gasteiger charge is 2.27. The van der Waals surface area contributed by atoms with Crippen molar-refractivity contribution in [2.45, 2.75) is 44.6 Å². The molecule has 1 unspecified atom stereocenters. The number of likely N-dealkylation sites (tertiary alicyclic amines) is 1. The van der Waals surface area contributed by atoms with Gasteiger partial charge in [0.25, 0.3) is 5.56 Å². The highest BCUT2D eigenvalue weighted by Crippen LogP contribution is 2.27. The van der Waals surface area contributed by atoms with Gasteiger partial charge in [0.2, 0.25) is 5.91 Å². The topological polar surface area (TPSA) is 75.3 Å². The van der Waals surface area contributed by atoms with Gasteiger partial charge in [-0.05, 0) is 57.2 Å². The molecular formula is C24H29N3O3S2. The molecule has 6 nitrogen and oxygen atoms in total. The molecule has 170 valence electrons. The number of carbonyl (C=O) groups is 1. The molecule has 3 heterocycles.